The van der Waals surface area contributed by atoms with E-state index in [1.807, 2.05) is 36.0 Å². The summed E-state index contributed by atoms with van der Waals surface area (Å²) in [7, 11) is 0. The molecular weight excluding hydrogens is 360 g/mol. The highest BCUT2D eigenvalue weighted by Crippen LogP contribution is 2.27. The predicted octanol–water partition coefficient (Wildman–Crippen LogP) is 3.70. The minimum Gasteiger partial charge on any atom is -0.388 e. The molecule has 1 aromatic heterocycles. The molecule has 0 bridgehead atoms. The summed E-state index contributed by atoms with van der Waals surface area (Å²) in [4.78, 5) is 0. The SMILES string of the molecule is CCn1cc(CC(O)c2ccc(Br)c(Br)c2)cn1. The van der Waals surface area contributed by atoms with Crippen molar-refractivity contribution in [2.45, 2.75) is 26.0 Å². The molecule has 1 aromatic carbocycles. The number of hydrogen-bond acceptors (Lipinski definition) is 2. The lowest BCUT2D eigenvalue weighted by Gasteiger charge is -2.10. The lowest BCUT2D eigenvalue weighted by atomic mass is 10.0. The minimum absolute atomic E-state index is 0.510. The summed E-state index contributed by atoms with van der Waals surface area (Å²) in [6.45, 7) is 2.89. The zero-order valence-corrected chi connectivity index (χ0v) is 13.1. The fourth-order valence-corrected chi connectivity index (χ4v) is 2.39. The number of aliphatic hydroxyl groups excluding tert-OH is 1. The Hall–Kier alpha value is -0.650. The first-order valence-corrected chi connectivity index (χ1v) is 7.33. The van der Waals surface area contributed by atoms with Gasteiger partial charge in [0.1, 0.15) is 0 Å². The van der Waals surface area contributed by atoms with Crippen molar-refractivity contribution in [2.75, 3.05) is 0 Å². The van der Waals surface area contributed by atoms with E-state index in [1.165, 1.54) is 0 Å². The fourth-order valence-electron chi connectivity index (χ4n) is 1.75. The van der Waals surface area contributed by atoms with Gasteiger partial charge in [-0.1, -0.05) is 6.07 Å². The first-order chi connectivity index (χ1) is 8.60. The Kier molecular flexibility index (Phi) is 4.59. The molecule has 0 aliphatic carbocycles. The third-order valence-corrected chi connectivity index (χ3v) is 4.65. The van der Waals surface area contributed by atoms with E-state index >= 15 is 0 Å². The molecule has 0 spiro atoms. The molecule has 1 atom stereocenters. The smallest absolute Gasteiger partial charge is 0.0831 e. The maximum Gasteiger partial charge on any atom is 0.0831 e. The van der Waals surface area contributed by atoms with Gasteiger partial charge in [0.2, 0.25) is 0 Å². The van der Waals surface area contributed by atoms with Crippen LogP contribution in [0.15, 0.2) is 39.5 Å². The van der Waals surface area contributed by atoms with Gasteiger partial charge in [-0.3, -0.25) is 4.68 Å². The second kappa shape index (κ2) is 5.99. The zero-order chi connectivity index (χ0) is 13.1. The van der Waals surface area contributed by atoms with Crippen molar-refractivity contribution >= 4 is 31.9 Å². The lowest BCUT2D eigenvalue weighted by Crippen LogP contribution is -2.01. The van der Waals surface area contributed by atoms with Crippen LogP contribution < -0.4 is 0 Å². The molecule has 1 N–H and O–H groups in total. The van der Waals surface area contributed by atoms with Crippen molar-refractivity contribution < 1.29 is 5.11 Å². The molecule has 0 saturated carbocycles. The summed E-state index contributed by atoms with van der Waals surface area (Å²) in [5.41, 5.74) is 1.94. The van der Waals surface area contributed by atoms with Crippen LogP contribution in [-0.4, -0.2) is 14.9 Å². The highest BCUT2D eigenvalue weighted by atomic mass is 79.9. The molecule has 1 heterocycles. The van der Waals surface area contributed by atoms with E-state index in [0.29, 0.717) is 6.42 Å². The Morgan fingerprint density at radius 2 is 2.11 bits per heavy atom. The topological polar surface area (TPSA) is 38.0 Å². The molecule has 0 saturated heterocycles. The third kappa shape index (κ3) is 3.22. The fraction of sp³-hybridized carbons (Fsp3) is 0.308. The summed E-state index contributed by atoms with van der Waals surface area (Å²) in [5, 5.41) is 14.4. The zero-order valence-electron chi connectivity index (χ0n) is 9.98. The molecule has 96 valence electrons. The molecule has 0 radical (unpaired) electrons. The Bertz CT molecular complexity index is 540. The summed E-state index contributed by atoms with van der Waals surface area (Å²) in [6, 6.07) is 5.78. The van der Waals surface area contributed by atoms with Crippen molar-refractivity contribution in [3.8, 4) is 0 Å². The molecule has 0 aliphatic heterocycles. The largest absolute Gasteiger partial charge is 0.388 e. The van der Waals surface area contributed by atoms with Gasteiger partial charge in [0, 0.05) is 28.1 Å². The summed E-state index contributed by atoms with van der Waals surface area (Å²) < 4.78 is 3.79. The van der Waals surface area contributed by atoms with Crippen LogP contribution in [0.4, 0.5) is 0 Å². The number of nitrogens with zero attached hydrogens (tertiary/aromatic N) is 2. The van der Waals surface area contributed by atoms with Crippen LogP contribution in [0.3, 0.4) is 0 Å². The van der Waals surface area contributed by atoms with Crippen molar-refractivity contribution in [3.63, 3.8) is 0 Å². The van der Waals surface area contributed by atoms with E-state index in [9.17, 15) is 5.11 Å². The van der Waals surface area contributed by atoms with Gasteiger partial charge in [0.05, 0.1) is 12.3 Å². The molecule has 0 fully saturated rings. The van der Waals surface area contributed by atoms with E-state index in [0.717, 1.165) is 26.6 Å². The van der Waals surface area contributed by atoms with E-state index < -0.39 is 6.10 Å². The Morgan fingerprint density at radius 1 is 1.33 bits per heavy atom. The maximum absolute atomic E-state index is 10.2. The van der Waals surface area contributed by atoms with E-state index in [2.05, 4.69) is 37.0 Å². The van der Waals surface area contributed by atoms with Gasteiger partial charge in [0.25, 0.3) is 0 Å². The monoisotopic (exact) mass is 372 g/mol. The maximum atomic E-state index is 10.2. The quantitative estimate of drug-likeness (QED) is 0.887. The average Bonchev–Trinajstić information content (AvgIpc) is 2.80. The normalized spacial score (nSPS) is 12.7. The molecule has 1 unspecified atom stereocenters. The second-order valence-corrected chi connectivity index (χ2v) is 5.81. The number of hydrogen-bond donors (Lipinski definition) is 1. The van der Waals surface area contributed by atoms with Crippen molar-refractivity contribution in [1.29, 1.82) is 0 Å². The van der Waals surface area contributed by atoms with Gasteiger partial charge in [-0.15, -0.1) is 0 Å². The number of benzene rings is 1. The second-order valence-electron chi connectivity index (χ2n) is 4.10. The van der Waals surface area contributed by atoms with Crippen LogP contribution in [0.25, 0.3) is 0 Å². The van der Waals surface area contributed by atoms with Crippen LogP contribution in [-0.2, 0) is 13.0 Å². The standard InChI is InChI=1S/C13H14Br2N2O/c1-2-17-8-9(7-16-17)5-13(18)10-3-4-11(14)12(15)6-10/h3-4,6-8,13,18H,2,5H2,1H3. The van der Waals surface area contributed by atoms with Gasteiger partial charge in [-0.25, -0.2) is 0 Å². The van der Waals surface area contributed by atoms with Crippen LogP contribution in [0.2, 0.25) is 0 Å². The number of aliphatic hydroxyl groups is 1. The number of aromatic nitrogens is 2. The first kappa shape index (κ1) is 13.8. The highest BCUT2D eigenvalue weighted by Gasteiger charge is 2.11. The molecule has 5 heteroatoms. The van der Waals surface area contributed by atoms with Gasteiger partial charge in [0.15, 0.2) is 0 Å². The van der Waals surface area contributed by atoms with Crippen LogP contribution in [0.1, 0.15) is 24.2 Å². The predicted molar refractivity (Wildman–Crippen MR) is 78.4 cm³/mol. The van der Waals surface area contributed by atoms with Crippen molar-refractivity contribution in [1.82, 2.24) is 9.78 Å². The highest BCUT2D eigenvalue weighted by molar-refractivity contribution is 9.13. The minimum atomic E-state index is -0.510. The van der Waals surface area contributed by atoms with Gasteiger partial charge >= 0.3 is 0 Å². The number of halogens is 2. The van der Waals surface area contributed by atoms with Gasteiger partial charge in [-0.05, 0) is 62.0 Å². The summed E-state index contributed by atoms with van der Waals surface area (Å²) in [6.07, 6.45) is 3.84. The van der Waals surface area contributed by atoms with E-state index in [-0.39, 0.29) is 0 Å². The van der Waals surface area contributed by atoms with E-state index in [4.69, 9.17) is 0 Å². The lowest BCUT2D eigenvalue weighted by molar-refractivity contribution is 0.178. The Balaban J connectivity index is 2.11. The van der Waals surface area contributed by atoms with Crippen molar-refractivity contribution in [3.05, 3.63) is 50.7 Å². The number of aryl methyl sites for hydroxylation is 1. The summed E-state index contributed by atoms with van der Waals surface area (Å²) in [5.74, 6) is 0. The van der Waals surface area contributed by atoms with Crippen molar-refractivity contribution in [2.24, 2.45) is 0 Å². The Labute approximate surface area is 123 Å². The van der Waals surface area contributed by atoms with E-state index in [1.54, 1.807) is 6.20 Å². The van der Waals surface area contributed by atoms with Crippen LogP contribution >= 0.6 is 31.9 Å². The molecule has 3 nitrogen and oxygen atoms in total. The first-order valence-electron chi connectivity index (χ1n) is 5.74. The molecule has 2 rings (SSSR count). The molecule has 2 aromatic rings. The summed E-state index contributed by atoms with van der Waals surface area (Å²) >= 11 is 6.86. The third-order valence-electron chi connectivity index (χ3n) is 2.77. The molecule has 0 aliphatic rings. The molecular formula is C13H14Br2N2O. The average molecular weight is 374 g/mol. The number of rotatable bonds is 4. The van der Waals surface area contributed by atoms with Crippen LogP contribution in [0.5, 0.6) is 0 Å². The molecule has 18 heavy (non-hydrogen) atoms. The molecule has 0 amide bonds. The Morgan fingerprint density at radius 3 is 2.72 bits per heavy atom. The van der Waals surface area contributed by atoms with Gasteiger partial charge in [-0.2, -0.15) is 5.10 Å². The van der Waals surface area contributed by atoms with Crippen LogP contribution in [0, 0.1) is 0 Å². The van der Waals surface area contributed by atoms with Gasteiger partial charge < -0.3 is 5.11 Å².